The zero-order valence-corrected chi connectivity index (χ0v) is 14.3. The Morgan fingerprint density at radius 2 is 2.19 bits per heavy atom. The molecule has 0 saturated heterocycles. The molecule has 0 unspecified atom stereocenters. The van der Waals surface area contributed by atoms with Crippen LogP contribution < -0.4 is 5.32 Å². The number of fused-ring (bicyclic) bond motifs is 1. The van der Waals surface area contributed by atoms with Gasteiger partial charge in [-0.05, 0) is 37.1 Å². The van der Waals surface area contributed by atoms with Crippen molar-refractivity contribution in [2.24, 2.45) is 0 Å². The maximum absolute atomic E-state index is 11.9. The number of methoxy groups -OCH3 is 1. The van der Waals surface area contributed by atoms with Crippen LogP contribution in [0.5, 0.6) is 0 Å². The third-order valence-electron chi connectivity index (χ3n) is 4.42. The molecule has 0 aromatic carbocycles. The maximum Gasteiger partial charge on any atom is 0.339 e. The molecule has 1 aliphatic rings. The van der Waals surface area contributed by atoms with Crippen LogP contribution in [0, 0.1) is 11.3 Å². The predicted octanol–water partition coefficient (Wildman–Crippen LogP) is 2.88. The molecule has 1 N–H and O–H groups in total. The summed E-state index contributed by atoms with van der Waals surface area (Å²) in [4.78, 5) is 21.0. The number of ether oxygens (including phenoxy) is 1. The minimum atomic E-state index is -0.356. The Hall–Kier alpha value is -3.40. The predicted molar refractivity (Wildman–Crippen MR) is 94.8 cm³/mol. The van der Waals surface area contributed by atoms with E-state index in [9.17, 15) is 10.1 Å². The molecule has 0 aliphatic heterocycles. The number of aromatic nitrogens is 3. The molecular weight excluding hydrogens is 330 g/mol. The zero-order valence-electron chi connectivity index (χ0n) is 14.3. The Morgan fingerprint density at radius 3 is 2.92 bits per heavy atom. The highest BCUT2D eigenvalue weighted by Gasteiger charge is 2.30. The summed E-state index contributed by atoms with van der Waals surface area (Å²) in [5.41, 5.74) is 3.28. The summed E-state index contributed by atoms with van der Waals surface area (Å²) < 4.78 is 6.59. The smallest absolute Gasteiger partial charge is 0.339 e. The molecule has 7 nitrogen and oxygen atoms in total. The molecule has 7 heteroatoms. The van der Waals surface area contributed by atoms with Gasteiger partial charge in [0.25, 0.3) is 0 Å². The van der Waals surface area contributed by atoms with E-state index >= 15 is 0 Å². The van der Waals surface area contributed by atoms with E-state index in [1.165, 1.54) is 7.11 Å². The van der Waals surface area contributed by atoms with Crippen LogP contribution in [0.25, 0.3) is 5.65 Å². The van der Waals surface area contributed by atoms with E-state index < -0.39 is 0 Å². The summed E-state index contributed by atoms with van der Waals surface area (Å²) in [6.07, 6.45) is 3.89. The van der Waals surface area contributed by atoms with E-state index in [0.717, 1.165) is 24.2 Å². The fraction of sp³-hybridized carbons (Fsp3) is 0.263. The van der Waals surface area contributed by atoms with E-state index in [1.807, 2.05) is 18.2 Å². The van der Waals surface area contributed by atoms with Crippen molar-refractivity contribution in [3.63, 3.8) is 0 Å². The molecule has 4 rings (SSSR count). The Balaban J connectivity index is 1.60. The second-order valence-electron chi connectivity index (χ2n) is 6.20. The van der Waals surface area contributed by atoms with Gasteiger partial charge in [-0.25, -0.2) is 9.78 Å². The van der Waals surface area contributed by atoms with Gasteiger partial charge in [0.2, 0.25) is 0 Å². The lowest BCUT2D eigenvalue weighted by molar-refractivity contribution is 0.0598. The molecule has 1 aliphatic carbocycles. The summed E-state index contributed by atoms with van der Waals surface area (Å²) in [6.45, 7) is 0.416. The van der Waals surface area contributed by atoms with Gasteiger partial charge in [-0.3, -0.25) is 9.38 Å². The number of carbonyl (C=O) groups is 1. The first kappa shape index (κ1) is 16.1. The maximum atomic E-state index is 11.9. The number of nitrogens with zero attached hydrogens (tertiary/aromatic N) is 4. The van der Waals surface area contributed by atoms with E-state index in [4.69, 9.17) is 4.74 Å². The van der Waals surface area contributed by atoms with E-state index in [-0.39, 0.29) is 5.97 Å². The van der Waals surface area contributed by atoms with Crippen LogP contribution >= 0.6 is 0 Å². The first-order valence-electron chi connectivity index (χ1n) is 8.40. The van der Waals surface area contributed by atoms with Gasteiger partial charge in [0.05, 0.1) is 30.6 Å². The van der Waals surface area contributed by atoms with Gasteiger partial charge in [-0.15, -0.1) is 0 Å². The molecule has 0 amide bonds. The van der Waals surface area contributed by atoms with Crippen molar-refractivity contribution in [3.05, 3.63) is 59.2 Å². The van der Waals surface area contributed by atoms with Gasteiger partial charge in [0.15, 0.2) is 11.5 Å². The van der Waals surface area contributed by atoms with Crippen molar-refractivity contribution < 1.29 is 9.53 Å². The van der Waals surface area contributed by atoms with Crippen LogP contribution in [0.3, 0.4) is 0 Å². The molecule has 0 atom stereocenters. The first-order chi connectivity index (χ1) is 12.7. The largest absolute Gasteiger partial charge is 0.465 e. The summed E-state index contributed by atoms with van der Waals surface area (Å²) in [7, 11) is 1.38. The van der Waals surface area contributed by atoms with Gasteiger partial charge < -0.3 is 10.1 Å². The molecule has 1 fully saturated rings. The van der Waals surface area contributed by atoms with Crippen molar-refractivity contribution in [3.8, 4) is 6.07 Å². The van der Waals surface area contributed by atoms with Crippen molar-refractivity contribution in [1.82, 2.24) is 14.4 Å². The first-order valence-corrected chi connectivity index (χ1v) is 8.40. The average Bonchev–Trinajstić information content (AvgIpc) is 3.46. The summed E-state index contributed by atoms with van der Waals surface area (Å²) in [6, 6.07) is 11.3. The van der Waals surface area contributed by atoms with Crippen LogP contribution in [0.15, 0.2) is 36.5 Å². The molecule has 0 bridgehead atoms. The number of pyridine rings is 2. The fourth-order valence-corrected chi connectivity index (χ4v) is 2.97. The van der Waals surface area contributed by atoms with Crippen molar-refractivity contribution in [2.75, 3.05) is 12.4 Å². The molecule has 3 heterocycles. The standard InChI is InChI=1S/C19H17N5O2/c1-26-19(25)14-8-7-13(22-17(14)12-5-6-12)11-21-18-15(10-20)24-9-3-2-4-16(24)23-18/h2-4,7-9,12,21H,5-6,11H2,1H3. The fourth-order valence-electron chi connectivity index (χ4n) is 2.97. The average molecular weight is 347 g/mol. The topological polar surface area (TPSA) is 92.3 Å². The molecule has 0 spiro atoms. The molecule has 3 aromatic heterocycles. The molecule has 26 heavy (non-hydrogen) atoms. The third-order valence-corrected chi connectivity index (χ3v) is 4.42. The van der Waals surface area contributed by atoms with Gasteiger partial charge in [-0.2, -0.15) is 5.26 Å². The minimum Gasteiger partial charge on any atom is -0.465 e. The lowest BCUT2D eigenvalue weighted by atomic mass is 10.1. The number of esters is 1. The van der Waals surface area contributed by atoms with E-state index in [0.29, 0.717) is 35.2 Å². The molecule has 0 radical (unpaired) electrons. The number of hydrogen-bond donors (Lipinski definition) is 1. The highest BCUT2D eigenvalue weighted by atomic mass is 16.5. The Morgan fingerprint density at radius 1 is 1.35 bits per heavy atom. The van der Waals surface area contributed by atoms with Crippen LogP contribution in [-0.4, -0.2) is 27.4 Å². The normalized spacial score (nSPS) is 13.4. The van der Waals surface area contributed by atoms with Crippen LogP contribution in [0.1, 0.15) is 46.2 Å². The van der Waals surface area contributed by atoms with Crippen LogP contribution in [0.2, 0.25) is 0 Å². The van der Waals surface area contributed by atoms with Crippen LogP contribution in [0.4, 0.5) is 5.82 Å². The monoisotopic (exact) mass is 347 g/mol. The Labute approximate surface area is 150 Å². The number of imidazole rings is 1. The Bertz CT molecular complexity index is 1030. The third kappa shape index (κ3) is 2.86. The molecular formula is C19H17N5O2. The number of anilines is 1. The van der Waals surface area contributed by atoms with Crippen LogP contribution in [-0.2, 0) is 11.3 Å². The number of nitriles is 1. The lowest BCUT2D eigenvalue weighted by Crippen LogP contribution is -2.10. The summed E-state index contributed by atoms with van der Waals surface area (Å²) in [5.74, 6) is 0.491. The second-order valence-corrected chi connectivity index (χ2v) is 6.20. The SMILES string of the molecule is COC(=O)c1ccc(CNc2nc3ccccn3c2C#N)nc1C1CC1. The summed E-state index contributed by atoms with van der Waals surface area (Å²) >= 11 is 0. The van der Waals surface area contributed by atoms with Crippen molar-refractivity contribution >= 4 is 17.4 Å². The number of nitrogens with one attached hydrogen (secondary N) is 1. The van der Waals surface area contributed by atoms with Crippen molar-refractivity contribution in [1.29, 1.82) is 5.26 Å². The van der Waals surface area contributed by atoms with E-state index in [2.05, 4.69) is 21.4 Å². The highest BCUT2D eigenvalue weighted by Crippen LogP contribution is 2.40. The number of rotatable bonds is 5. The van der Waals surface area contributed by atoms with Gasteiger partial charge in [-0.1, -0.05) is 6.07 Å². The van der Waals surface area contributed by atoms with Gasteiger partial charge >= 0.3 is 5.97 Å². The van der Waals surface area contributed by atoms with E-state index in [1.54, 1.807) is 22.7 Å². The number of hydrogen-bond acceptors (Lipinski definition) is 6. The quantitative estimate of drug-likeness (QED) is 0.714. The minimum absolute atomic E-state index is 0.328. The Kier molecular flexibility index (Phi) is 4.01. The molecule has 1 saturated carbocycles. The zero-order chi connectivity index (χ0) is 18.1. The number of carbonyl (C=O) groups excluding carboxylic acids is 1. The van der Waals surface area contributed by atoms with Gasteiger partial charge in [0, 0.05) is 12.1 Å². The van der Waals surface area contributed by atoms with Crippen molar-refractivity contribution in [2.45, 2.75) is 25.3 Å². The lowest BCUT2D eigenvalue weighted by Gasteiger charge is -2.09. The second kappa shape index (κ2) is 6.48. The van der Waals surface area contributed by atoms with Gasteiger partial charge in [0.1, 0.15) is 11.7 Å². The molecule has 3 aromatic rings. The summed E-state index contributed by atoms with van der Waals surface area (Å²) in [5, 5.41) is 12.6. The highest BCUT2D eigenvalue weighted by molar-refractivity contribution is 5.90. The molecule has 130 valence electrons.